The molecule has 4 rings (SSSR count). The van der Waals surface area contributed by atoms with Crippen molar-refractivity contribution in [3.8, 4) is 0 Å². The van der Waals surface area contributed by atoms with Crippen LogP contribution in [0.25, 0.3) is 0 Å². The average molecular weight is 431 g/mol. The van der Waals surface area contributed by atoms with E-state index >= 15 is 0 Å². The largest absolute Gasteiger partial charge is 0.322 e. The number of amides is 2. The molecule has 0 spiro atoms. The summed E-state index contributed by atoms with van der Waals surface area (Å²) in [6.07, 6.45) is 4.95. The minimum absolute atomic E-state index is 0.0488. The molecule has 0 bridgehead atoms. The Morgan fingerprint density at radius 2 is 1.93 bits per heavy atom. The van der Waals surface area contributed by atoms with E-state index < -0.39 is 0 Å². The number of rotatable bonds is 3. The molecule has 2 atom stereocenters. The van der Waals surface area contributed by atoms with Gasteiger partial charge in [-0.2, -0.15) is 0 Å². The topological polar surface area (TPSA) is 72.5 Å². The number of piperazine rings is 1. The number of carbonyl (C=O) groups excluding carboxylic acids is 1. The van der Waals surface area contributed by atoms with Crippen LogP contribution in [0.1, 0.15) is 18.0 Å². The van der Waals surface area contributed by atoms with Crippen molar-refractivity contribution in [3.05, 3.63) is 58.8 Å². The minimum atomic E-state index is -0.0488. The van der Waals surface area contributed by atoms with Crippen LogP contribution in [-0.4, -0.2) is 53.2 Å². The summed E-state index contributed by atoms with van der Waals surface area (Å²) in [5, 5.41) is 2.98. The fourth-order valence-corrected chi connectivity index (χ4v) is 3.96. The van der Waals surface area contributed by atoms with E-state index in [4.69, 9.17) is 0 Å². The highest BCUT2D eigenvalue weighted by atomic mass is 79.9. The summed E-state index contributed by atoms with van der Waals surface area (Å²) in [6, 6.07) is 11.9. The van der Waals surface area contributed by atoms with Crippen molar-refractivity contribution in [1.82, 2.24) is 25.6 Å². The Labute approximate surface area is 167 Å². The molecule has 2 saturated heterocycles. The first-order valence-corrected chi connectivity index (χ1v) is 9.95. The second kappa shape index (κ2) is 8.35. The van der Waals surface area contributed by atoms with Crippen molar-refractivity contribution in [2.24, 2.45) is 0 Å². The fourth-order valence-electron chi connectivity index (χ4n) is 3.57. The molecule has 1 aromatic heterocycles. The Kier molecular flexibility index (Phi) is 5.68. The molecule has 7 nitrogen and oxygen atoms in total. The molecule has 2 aliphatic heterocycles. The number of halogens is 1. The van der Waals surface area contributed by atoms with Gasteiger partial charge in [-0.3, -0.25) is 9.88 Å². The molecule has 142 valence electrons. The van der Waals surface area contributed by atoms with Gasteiger partial charge in [-0.15, -0.1) is 0 Å². The molecule has 3 heterocycles. The summed E-state index contributed by atoms with van der Waals surface area (Å²) < 4.78 is 0.889. The van der Waals surface area contributed by atoms with Crippen LogP contribution < -0.4 is 16.2 Å². The van der Waals surface area contributed by atoms with E-state index in [1.807, 2.05) is 41.4 Å². The molecular formula is C19H23BrN6O. The van der Waals surface area contributed by atoms with Crippen molar-refractivity contribution in [1.29, 1.82) is 0 Å². The molecule has 2 aromatic rings. The van der Waals surface area contributed by atoms with Crippen LogP contribution in [-0.2, 0) is 0 Å². The summed E-state index contributed by atoms with van der Waals surface area (Å²) in [5.41, 5.74) is 8.74. The normalized spacial score (nSPS) is 23.4. The van der Waals surface area contributed by atoms with Gasteiger partial charge < -0.3 is 10.2 Å². The minimum Gasteiger partial charge on any atom is -0.322 e. The average Bonchev–Trinajstić information content (AvgIpc) is 3.21. The third-order valence-electron chi connectivity index (χ3n) is 5.13. The molecular weight excluding hydrogens is 408 g/mol. The second-order valence-corrected chi connectivity index (χ2v) is 7.67. The number of aromatic nitrogens is 1. The number of carbonyl (C=O) groups is 1. The molecule has 2 fully saturated rings. The zero-order valence-electron chi connectivity index (χ0n) is 14.9. The van der Waals surface area contributed by atoms with Gasteiger partial charge in [0.05, 0.1) is 17.9 Å². The molecule has 2 unspecified atom stereocenters. The van der Waals surface area contributed by atoms with Crippen LogP contribution in [0.3, 0.4) is 0 Å². The molecule has 3 N–H and O–H groups in total. The van der Waals surface area contributed by atoms with Crippen LogP contribution in [0.5, 0.6) is 0 Å². The SMILES string of the molecule is O=C(Nc1ccccc1Br)N1CCN(C2CC(c3cccnc3)NN2)CC1. The van der Waals surface area contributed by atoms with Gasteiger partial charge in [0.2, 0.25) is 0 Å². The Balaban J connectivity index is 1.28. The van der Waals surface area contributed by atoms with Crippen molar-refractivity contribution >= 4 is 27.6 Å². The van der Waals surface area contributed by atoms with Gasteiger partial charge in [0.1, 0.15) is 0 Å². The van der Waals surface area contributed by atoms with Gasteiger partial charge in [-0.25, -0.2) is 15.6 Å². The number of nitrogens with one attached hydrogen (secondary N) is 3. The zero-order chi connectivity index (χ0) is 18.6. The number of hydrogen-bond donors (Lipinski definition) is 3. The summed E-state index contributed by atoms with van der Waals surface area (Å²) >= 11 is 3.47. The molecule has 27 heavy (non-hydrogen) atoms. The Hall–Kier alpha value is -2.00. The standard InChI is InChI=1S/C19H23BrN6O/c20-15-5-1-2-6-16(15)22-19(27)26-10-8-25(9-11-26)18-12-17(23-24-18)14-4-3-7-21-13-14/h1-7,13,17-18,23-24H,8-12H2,(H,22,27). The lowest BCUT2D eigenvalue weighted by Crippen LogP contribution is -2.55. The third kappa shape index (κ3) is 4.30. The number of hydrogen-bond acceptors (Lipinski definition) is 5. The number of anilines is 1. The van der Waals surface area contributed by atoms with Crippen LogP contribution in [0.4, 0.5) is 10.5 Å². The Morgan fingerprint density at radius 1 is 1.11 bits per heavy atom. The van der Waals surface area contributed by atoms with Crippen molar-refractivity contribution in [3.63, 3.8) is 0 Å². The highest BCUT2D eigenvalue weighted by Crippen LogP contribution is 2.24. The maximum Gasteiger partial charge on any atom is 0.321 e. The van der Waals surface area contributed by atoms with E-state index in [9.17, 15) is 4.79 Å². The number of hydrazine groups is 1. The first-order chi connectivity index (χ1) is 13.2. The van der Waals surface area contributed by atoms with Crippen molar-refractivity contribution in [2.75, 3.05) is 31.5 Å². The fraction of sp³-hybridized carbons (Fsp3) is 0.368. The molecule has 0 aliphatic carbocycles. The molecule has 0 radical (unpaired) electrons. The quantitative estimate of drug-likeness (QED) is 0.697. The number of nitrogens with zero attached hydrogens (tertiary/aromatic N) is 3. The van der Waals surface area contributed by atoms with Crippen LogP contribution >= 0.6 is 15.9 Å². The molecule has 0 saturated carbocycles. The molecule has 2 aliphatic rings. The first-order valence-electron chi connectivity index (χ1n) is 9.16. The zero-order valence-corrected chi connectivity index (χ0v) is 16.5. The van der Waals surface area contributed by atoms with Crippen LogP contribution in [0.15, 0.2) is 53.3 Å². The lowest BCUT2D eigenvalue weighted by atomic mass is 10.1. The lowest BCUT2D eigenvalue weighted by molar-refractivity contribution is 0.103. The van der Waals surface area contributed by atoms with Gasteiger partial charge in [-0.1, -0.05) is 18.2 Å². The van der Waals surface area contributed by atoms with Gasteiger partial charge in [0.25, 0.3) is 0 Å². The van der Waals surface area contributed by atoms with E-state index in [1.165, 1.54) is 5.56 Å². The third-order valence-corrected chi connectivity index (χ3v) is 5.82. The van der Waals surface area contributed by atoms with Gasteiger partial charge >= 0.3 is 6.03 Å². The maximum atomic E-state index is 12.5. The predicted molar refractivity (Wildman–Crippen MR) is 108 cm³/mol. The summed E-state index contributed by atoms with van der Waals surface area (Å²) in [7, 11) is 0. The summed E-state index contributed by atoms with van der Waals surface area (Å²) in [4.78, 5) is 21.0. The van der Waals surface area contributed by atoms with Crippen LogP contribution in [0, 0.1) is 0 Å². The van der Waals surface area contributed by atoms with Crippen molar-refractivity contribution < 1.29 is 4.79 Å². The van der Waals surface area contributed by atoms with Gasteiger partial charge in [0, 0.05) is 43.0 Å². The number of urea groups is 1. The predicted octanol–water partition coefficient (Wildman–Crippen LogP) is 2.56. The van der Waals surface area contributed by atoms with Gasteiger partial charge in [0.15, 0.2) is 0 Å². The second-order valence-electron chi connectivity index (χ2n) is 6.81. The van der Waals surface area contributed by atoms with E-state index in [-0.39, 0.29) is 18.2 Å². The number of benzene rings is 1. The van der Waals surface area contributed by atoms with E-state index in [0.717, 1.165) is 29.7 Å². The Morgan fingerprint density at radius 3 is 2.67 bits per heavy atom. The maximum absolute atomic E-state index is 12.5. The number of para-hydroxylation sites is 1. The van der Waals surface area contributed by atoms with Crippen molar-refractivity contribution in [2.45, 2.75) is 18.6 Å². The van der Waals surface area contributed by atoms with Gasteiger partial charge in [-0.05, 0) is 46.1 Å². The molecule has 1 aromatic carbocycles. The number of pyridine rings is 1. The van der Waals surface area contributed by atoms with E-state index in [2.05, 4.69) is 48.0 Å². The highest BCUT2D eigenvalue weighted by molar-refractivity contribution is 9.10. The highest BCUT2D eigenvalue weighted by Gasteiger charge is 2.32. The molecule has 2 amide bonds. The summed E-state index contributed by atoms with van der Waals surface area (Å²) in [6.45, 7) is 3.13. The monoisotopic (exact) mass is 430 g/mol. The Bertz CT molecular complexity index is 781. The lowest BCUT2D eigenvalue weighted by Gasteiger charge is -2.37. The smallest absolute Gasteiger partial charge is 0.321 e. The first kappa shape index (κ1) is 18.4. The summed E-state index contributed by atoms with van der Waals surface area (Å²) in [5.74, 6) is 0. The molecule has 8 heteroatoms. The van der Waals surface area contributed by atoms with Crippen LogP contribution in [0.2, 0.25) is 0 Å². The van der Waals surface area contributed by atoms with E-state index in [1.54, 1.807) is 6.20 Å². The van der Waals surface area contributed by atoms with E-state index in [0.29, 0.717) is 13.1 Å².